The van der Waals surface area contributed by atoms with E-state index in [0.717, 1.165) is 61.3 Å². The third-order valence-electron chi connectivity index (χ3n) is 5.84. The maximum absolute atomic E-state index is 5.23. The zero-order chi connectivity index (χ0) is 27.4. The van der Waals surface area contributed by atoms with Crippen molar-refractivity contribution in [2.45, 2.75) is 51.9 Å². The molecule has 0 aromatic heterocycles. The van der Waals surface area contributed by atoms with Crippen molar-refractivity contribution in [2.75, 3.05) is 68.5 Å². The Labute approximate surface area is 267 Å². The van der Waals surface area contributed by atoms with Crippen LogP contribution < -0.4 is 0 Å². The van der Waals surface area contributed by atoms with Crippen LogP contribution in [0, 0.1) is 0 Å². The monoisotopic (exact) mass is 867 g/mol. The minimum Gasteiger partial charge on any atom is 3.00 e. The van der Waals surface area contributed by atoms with Gasteiger partial charge in [-0.1, -0.05) is 0 Å². The molecule has 0 bridgehead atoms. The summed E-state index contributed by atoms with van der Waals surface area (Å²) in [4.78, 5) is 17.2. The Hall–Kier alpha value is -0.301. The fraction of sp³-hybridized carbons (Fsp3) is 0.818. The molecule has 0 aromatic carbocycles. The minimum atomic E-state index is 0. The Bertz CT molecular complexity index is 733. The molecule has 0 saturated carbocycles. The summed E-state index contributed by atoms with van der Waals surface area (Å²) in [6.07, 6.45) is 4.84. The standard InChI is InChI=1S/2C11H22N5SSe.Au/c2*1-9-15(4)13-10(17)16(9)8-6-5-7-12-11(18)14(2)3;/h2*9H,5-8H2,1-4H3,(H,13,17);/q;;+3/p-2. The number of hydrogen-bond acceptors (Lipinski definition) is 10. The molecule has 0 saturated heterocycles. The maximum Gasteiger partial charge on any atom is 3.00 e. The Balaban J connectivity index is 0.000000682. The molecule has 0 aromatic rings. The van der Waals surface area contributed by atoms with E-state index < -0.39 is 0 Å². The largest absolute Gasteiger partial charge is 3.00 e. The summed E-state index contributed by atoms with van der Waals surface area (Å²) in [6, 6.07) is 0. The van der Waals surface area contributed by atoms with Gasteiger partial charge in [0.05, 0.1) is 0 Å². The summed E-state index contributed by atoms with van der Waals surface area (Å²) in [6.45, 7) is 7.84. The van der Waals surface area contributed by atoms with Crippen LogP contribution in [-0.2, 0) is 47.6 Å². The van der Waals surface area contributed by atoms with Crippen LogP contribution in [0.15, 0.2) is 20.2 Å². The van der Waals surface area contributed by atoms with Crippen molar-refractivity contribution in [3.8, 4) is 0 Å². The van der Waals surface area contributed by atoms with E-state index in [0.29, 0.717) is 10.3 Å². The number of aliphatic imine (C=N–C) groups is 2. The molecule has 0 N–H and O–H groups in total. The predicted octanol–water partition coefficient (Wildman–Crippen LogP) is 0.526. The van der Waals surface area contributed by atoms with Crippen molar-refractivity contribution in [3.05, 3.63) is 0 Å². The average molecular weight is 866 g/mol. The van der Waals surface area contributed by atoms with Gasteiger partial charge in [-0.2, -0.15) is 0 Å². The van der Waals surface area contributed by atoms with Crippen LogP contribution >= 0.6 is 0 Å². The van der Waals surface area contributed by atoms with Crippen molar-refractivity contribution in [2.24, 2.45) is 20.2 Å². The van der Waals surface area contributed by atoms with E-state index in [1.807, 2.05) is 62.1 Å². The summed E-state index contributed by atoms with van der Waals surface area (Å²) in [7, 11) is 11.8. The van der Waals surface area contributed by atoms with Gasteiger partial charge in [-0.3, -0.25) is 0 Å². The first-order chi connectivity index (χ1) is 16.9. The summed E-state index contributed by atoms with van der Waals surface area (Å²) in [5.74, 6) is 0. The number of hydrazone groups is 2. The van der Waals surface area contributed by atoms with Gasteiger partial charge in [0.2, 0.25) is 0 Å². The van der Waals surface area contributed by atoms with Gasteiger partial charge in [0.15, 0.2) is 0 Å². The van der Waals surface area contributed by atoms with Crippen LogP contribution in [0.2, 0.25) is 0 Å². The van der Waals surface area contributed by atoms with Gasteiger partial charge < -0.3 is 0 Å². The molecule has 0 fully saturated rings. The van der Waals surface area contributed by atoms with Gasteiger partial charge in [-0.25, -0.2) is 0 Å². The van der Waals surface area contributed by atoms with Crippen LogP contribution in [0.4, 0.5) is 0 Å². The fourth-order valence-corrected chi connectivity index (χ4v) is 4.39. The first-order valence-corrected chi connectivity index (χ1v) is 14.7. The zero-order valence-electron chi connectivity index (χ0n) is 23.2. The van der Waals surface area contributed by atoms with E-state index in [1.165, 1.54) is 0 Å². The molecule has 2 rings (SSSR count). The molecule has 0 amide bonds. The van der Waals surface area contributed by atoms with Gasteiger partial charge in [0.1, 0.15) is 0 Å². The van der Waals surface area contributed by atoms with Crippen molar-refractivity contribution in [3.63, 3.8) is 0 Å². The van der Waals surface area contributed by atoms with Crippen LogP contribution in [0.25, 0.3) is 0 Å². The van der Waals surface area contributed by atoms with Crippen molar-refractivity contribution in [1.82, 2.24) is 29.6 Å². The molecule has 10 nitrogen and oxygen atoms in total. The van der Waals surface area contributed by atoms with Crippen molar-refractivity contribution < 1.29 is 22.4 Å². The number of rotatable bonds is 10. The molecule has 0 spiro atoms. The van der Waals surface area contributed by atoms with Crippen molar-refractivity contribution in [1.29, 1.82) is 0 Å². The van der Waals surface area contributed by atoms with E-state index in [9.17, 15) is 0 Å². The molecule has 2 unspecified atom stereocenters. The van der Waals surface area contributed by atoms with E-state index in [-0.39, 0.29) is 34.7 Å². The molecular formula is C22H42AuN10S2Se2+. The summed E-state index contributed by atoms with van der Waals surface area (Å²) >= 11 is 16.4. The SMILES string of the molecule is CC1N(C)N=C([S-])N1CCCCN=C([Se])N(C)C.CC1N(C)N=C([S-])N1CCCCN=C([Se])N(C)C.[Au+3]. The molecule has 2 atom stereocenters. The van der Waals surface area contributed by atoms with Crippen LogP contribution in [0.5, 0.6) is 0 Å². The van der Waals surface area contributed by atoms with Gasteiger partial charge in [0.25, 0.3) is 0 Å². The van der Waals surface area contributed by atoms with E-state index in [1.54, 1.807) is 0 Å². The molecule has 0 aliphatic carbocycles. The van der Waals surface area contributed by atoms with Crippen molar-refractivity contribution >= 4 is 77.1 Å². The van der Waals surface area contributed by atoms with Gasteiger partial charge in [0, 0.05) is 0 Å². The first-order valence-electron chi connectivity index (χ1n) is 12.1. The zero-order valence-corrected chi connectivity index (χ0v) is 30.4. The Morgan fingerprint density at radius 2 is 1.08 bits per heavy atom. The van der Waals surface area contributed by atoms with Crippen LogP contribution in [-0.4, -0.2) is 162 Å². The molecule has 214 valence electrons. The van der Waals surface area contributed by atoms with Gasteiger partial charge in [-0.05, 0) is 0 Å². The van der Waals surface area contributed by atoms with Crippen LogP contribution in [0.1, 0.15) is 39.5 Å². The molecule has 15 heteroatoms. The Kier molecular flexibility index (Phi) is 18.7. The van der Waals surface area contributed by atoms with Gasteiger partial charge >= 0.3 is 270 Å². The molecule has 2 aliphatic heterocycles. The number of nitrogens with zero attached hydrogens (tertiary/aromatic N) is 10. The quantitative estimate of drug-likeness (QED) is 0.104. The Morgan fingerprint density at radius 3 is 1.32 bits per heavy atom. The number of amidine groups is 4. The normalized spacial score (nSPS) is 19.8. The topological polar surface area (TPSA) is 68.9 Å². The summed E-state index contributed by atoms with van der Waals surface area (Å²) in [5.41, 5.74) is 0. The molecule has 37 heavy (non-hydrogen) atoms. The van der Waals surface area contributed by atoms with Crippen LogP contribution in [0.3, 0.4) is 0 Å². The number of hydrogen-bond donors (Lipinski definition) is 0. The maximum atomic E-state index is 5.23. The van der Waals surface area contributed by atoms with E-state index in [4.69, 9.17) is 25.3 Å². The third kappa shape index (κ3) is 13.1. The second-order valence-electron chi connectivity index (χ2n) is 9.09. The second kappa shape index (κ2) is 18.9. The molecule has 2 heterocycles. The smallest absolute Gasteiger partial charge is 3.00 e. The second-order valence-corrected chi connectivity index (χ2v) is 11.4. The predicted molar refractivity (Wildman–Crippen MR) is 159 cm³/mol. The fourth-order valence-electron chi connectivity index (χ4n) is 3.26. The summed E-state index contributed by atoms with van der Waals surface area (Å²) < 4.78 is 1.91. The van der Waals surface area contributed by atoms with Gasteiger partial charge in [-0.15, -0.1) is 0 Å². The molecule has 2 radical (unpaired) electrons. The first kappa shape index (κ1) is 36.7. The molecular weight excluding hydrogens is 823 g/mol. The minimum absolute atomic E-state index is 0. The summed E-state index contributed by atoms with van der Waals surface area (Å²) in [5, 5.41) is 13.7. The number of unbranched alkanes of at least 4 members (excludes halogenated alkanes) is 2. The average Bonchev–Trinajstić information content (AvgIpc) is 3.20. The third-order valence-corrected chi connectivity index (χ3v) is 8.54. The van der Waals surface area contributed by atoms with E-state index >= 15 is 0 Å². The molecule has 2 aliphatic rings. The van der Waals surface area contributed by atoms with E-state index in [2.05, 4.69) is 75.9 Å². The Morgan fingerprint density at radius 1 is 0.757 bits per heavy atom.